The number of carbonyl (C=O) groups is 1. The lowest BCUT2D eigenvalue weighted by atomic mass is 10.1. The smallest absolute Gasteiger partial charge is 0.229 e. The minimum absolute atomic E-state index is 0.0721. The number of anilines is 1. The van der Waals surface area contributed by atoms with Crippen molar-refractivity contribution in [3.63, 3.8) is 0 Å². The summed E-state index contributed by atoms with van der Waals surface area (Å²) in [6, 6.07) is 15.8. The number of amides is 1. The molecule has 4 rings (SSSR count). The molecular weight excluding hydrogens is 382 g/mol. The van der Waals surface area contributed by atoms with Gasteiger partial charge in [-0.05, 0) is 26.0 Å². The Balaban J connectivity index is 1.53. The van der Waals surface area contributed by atoms with E-state index >= 15 is 0 Å². The van der Waals surface area contributed by atoms with Gasteiger partial charge in [-0.3, -0.25) is 4.79 Å². The molecule has 0 aliphatic rings. The lowest BCUT2D eigenvalue weighted by molar-refractivity contribution is -0.115. The first-order chi connectivity index (χ1) is 14.0. The van der Waals surface area contributed by atoms with Crippen LogP contribution in [-0.2, 0) is 18.3 Å². The highest BCUT2D eigenvalue weighted by Crippen LogP contribution is 2.29. The van der Waals surface area contributed by atoms with Crippen molar-refractivity contribution < 1.29 is 4.79 Å². The monoisotopic (exact) mass is 403 g/mol. The Hall–Kier alpha value is -3.32. The van der Waals surface area contributed by atoms with E-state index in [1.807, 2.05) is 42.8 Å². The van der Waals surface area contributed by atoms with Gasteiger partial charge in [0, 0.05) is 28.7 Å². The molecule has 0 fully saturated rings. The van der Waals surface area contributed by atoms with Crippen LogP contribution in [0.1, 0.15) is 15.4 Å². The topological polar surface area (TPSA) is 72.7 Å². The van der Waals surface area contributed by atoms with Crippen LogP contribution in [0.3, 0.4) is 0 Å². The van der Waals surface area contributed by atoms with Crippen LogP contribution in [0, 0.1) is 13.8 Å². The summed E-state index contributed by atoms with van der Waals surface area (Å²) in [6.45, 7) is 4.02. The predicted molar refractivity (Wildman–Crippen MR) is 116 cm³/mol. The molecule has 7 heteroatoms. The second kappa shape index (κ2) is 7.97. The molecule has 146 valence electrons. The van der Waals surface area contributed by atoms with Crippen molar-refractivity contribution in [1.82, 2.24) is 19.7 Å². The molecule has 2 aromatic carbocycles. The summed E-state index contributed by atoms with van der Waals surface area (Å²) in [5.74, 6) is 0.679. The van der Waals surface area contributed by atoms with Crippen molar-refractivity contribution in [3.8, 4) is 22.6 Å². The molecule has 0 saturated heterocycles. The maximum Gasteiger partial charge on any atom is 0.229 e. The fourth-order valence-corrected chi connectivity index (χ4v) is 4.11. The number of hydrogen-bond acceptors (Lipinski definition) is 5. The summed E-state index contributed by atoms with van der Waals surface area (Å²) >= 11 is 1.56. The van der Waals surface area contributed by atoms with Crippen molar-refractivity contribution in [3.05, 3.63) is 70.3 Å². The maximum absolute atomic E-state index is 12.7. The van der Waals surface area contributed by atoms with E-state index in [2.05, 4.69) is 51.7 Å². The summed E-state index contributed by atoms with van der Waals surface area (Å²) in [7, 11) is 1.89. The Kier molecular flexibility index (Phi) is 5.22. The third-order valence-electron chi connectivity index (χ3n) is 4.57. The summed E-state index contributed by atoms with van der Waals surface area (Å²) in [5.41, 5.74) is 4.75. The molecule has 0 aliphatic heterocycles. The first-order valence-corrected chi connectivity index (χ1v) is 10.1. The van der Waals surface area contributed by atoms with Crippen LogP contribution in [0.4, 0.5) is 5.69 Å². The van der Waals surface area contributed by atoms with Gasteiger partial charge in [-0.15, -0.1) is 21.5 Å². The average Bonchev–Trinajstić information content (AvgIpc) is 3.28. The lowest BCUT2D eigenvalue weighted by Crippen LogP contribution is -2.14. The van der Waals surface area contributed by atoms with Gasteiger partial charge in [0.25, 0.3) is 0 Å². The molecule has 29 heavy (non-hydrogen) atoms. The minimum atomic E-state index is -0.0721. The van der Waals surface area contributed by atoms with E-state index in [0.717, 1.165) is 38.2 Å². The van der Waals surface area contributed by atoms with E-state index in [1.54, 1.807) is 17.7 Å². The molecule has 0 atom stereocenters. The van der Waals surface area contributed by atoms with Crippen LogP contribution in [0.2, 0.25) is 0 Å². The number of hydrogen-bond donors (Lipinski definition) is 1. The molecule has 0 unspecified atom stereocenters. The fourth-order valence-electron chi connectivity index (χ4n) is 3.16. The Bertz CT molecular complexity index is 1160. The third-order valence-corrected chi connectivity index (χ3v) is 5.54. The largest absolute Gasteiger partial charge is 0.326 e. The highest BCUT2D eigenvalue weighted by atomic mass is 32.1. The zero-order valence-corrected chi connectivity index (χ0v) is 17.3. The number of carbonyl (C=O) groups excluding carboxylic acids is 1. The molecule has 0 aliphatic carbocycles. The van der Waals surface area contributed by atoms with Gasteiger partial charge < -0.3 is 9.88 Å². The van der Waals surface area contributed by atoms with Gasteiger partial charge >= 0.3 is 0 Å². The van der Waals surface area contributed by atoms with Gasteiger partial charge in [0.2, 0.25) is 5.91 Å². The van der Waals surface area contributed by atoms with E-state index < -0.39 is 0 Å². The maximum atomic E-state index is 12.7. The van der Waals surface area contributed by atoms with Crippen LogP contribution < -0.4 is 5.32 Å². The summed E-state index contributed by atoms with van der Waals surface area (Å²) in [5, 5.41) is 12.0. The Labute approximate surface area is 173 Å². The van der Waals surface area contributed by atoms with Gasteiger partial charge in [0.15, 0.2) is 5.82 Å². The molecule has 0 bridgehead atoms. The number of aryl methyl sites for hydroxylation is 3. The summed E-state index contributed by atoms with van der Waals surface area (Å²) in [6.07, 6.45) is 1.93. The van der Waals surface area contributed by atoms with E-state index in [9.17, 15) is 4.79 Å². The van der Waals surface area contributed by atoms with Crippen molar-refractivity contribution in [2.24, 2.45) is 7.05 Å². The van der Waals surface area contributed by atoms with Gasteiger partial charge in [-0.25, -0.2) is 4.98 Å². The van der Waals surface area contributed by atoms with E-state index in [1.165, 1.54) is 5.56 Å². The zero-order chi connectivity index (χ0) is 20.4. The van der Waals surface area contributed by atoms with Gasteiger partial charge in [-0.1, -0.05) is 42.0 Å². The summed E-state index contributed by atoms with van der Waals surface area (Å²) in [4.78, 5) is 18.3. The molecule has 1 N–H and O–H groups in total. The molecular formula is C22H21N5OS. The normalized spacial score (nSPS) is 10.9. The third kappa shape index (κ3) is 4.25. The van der Waals surface area contributed by atoms with Crippen LogP contribution in [-0.4, -0.2) is 25.7 Å². The first kappa shape index (κ1) is 19.0. The van der Waals surface area contributed by atoms with Crippen molar-refractivity contribution in [1.29, 1.82) is 0 Å². The molecule has 6 nitrogen and oxygen atoms in total. The zero-order valence-electron chi connectivity index (χ0n) is 16.5. The van der Waals surface area contributed by atoms with Crippen molar-refractivity contribution in [2.45, 2.75) is 20.3 Å². The highest BCUT2D eigenvalue weighted by molar-refractivity contribution is 7.12. The Morgan fingerprint density at radius 3 is 2.62 bits per heavy atom. The van der Waals surface area contributed by atoms with Crippen LogP contribution in [0.25, 0.3) is 22.6 Å². The van der Waals surface area contributed by atoms with Gasteiger partial charge in [-0.2, -0.15) is 0 Å². The Morgan fingerprint density at radius 1 is 1.10 bits per heavy atom. The molecule has 0 spiro atoms. The van der Waals surface area contributed by atoms with E-state index in [0.29, 0.717) is 0 Å². The molecule has 2 heterocycles. The standard InChI is InChI=1S/C22H21N5OS/c1-14-7-9-16(10-8-14)21-19(29-15(2)24-21)12-20(28)25-18-6-4-5-17(11-18)22-26-23-13-27(22)3/h4-11,13H,12H2,1-3H3,(H,25,28). The van der Waals surface area contributed by atoms with Gasteiger partial charge in [0.1, 0.15) is 6.33 Å². The molecule has 0 saturated carbocycles. The quantitative estimate of drug-likeness (QED) is 0.536. The van der Waals surface area contributed by atoms with Crippen LogP contribution in [0.15, 0.2) is 54.9 Å². The number of nitrogens with one attached hydrogen (secondary N) is 1. The molecule has 2 aromatic heterocycles. The Morgan fingerprint density at radius 2 is 1.90 bits per heavy atom. The number of rotatable bonds is 5. The highest BCUT2D eigenvalue weighted by Gasteiger charge is 2.15. The van der Waals surface area contributed by atoms with E-state index in [-0.39, 0.29) is 12.3 Å². The number of thiazole rings is 1. The average molecular weight is 404 g/mol. The van der Waals surface area contributed by atoms with Gasteiger partial charge in [0.05, 0.1) is 17.1 Å². The number of nitrogens with zero attached hydrogens (tertiary/aromatic N) is 4. The second-order valence-electron chi connectivity index (χ2n) is 6.94. The molecule has 1 amide bonds. The first-order valence-electron chi connectivity index (χ1n) is 9.27. The number of benzene rings is 2. The second-order valence-corrected chi connectivity index (χ2v) is 8.23. The summed E-state index contributed by atoms with van der Waals surface area (Å²) < 4.78 is 1.84. The number of aromatic nitrogens is 4. The van der Waals surface area contributed by atoms with Crippen LogP contribution >= 0.6 is 11.3 Å². The molecule has 0 radical (unpaired) electrons. The van der Waals surface area contributed by atoms with E-state index in [4.69, 9.17) is 0 Å². The minimum Gasteiger partial charge on any atom is -0.326 e. The lowest BCUT2D eigenvalue weighted by Gasteiger charge is -2.08. The fraction of sp³-hybridized carbons (Fsp3) is 0.182. The van der Waals surface area contributed by atoms with Crippen LogP contribution in [0.5, 0.6) is 0 Å². The SMILES string of the molecule is Cc1ccc(-c2nc(C)sc2CC(=O)Nc2cccc(-c3nncn3C)c2)cc1. The molecule has 4 aromatic rings. The predicted octanol–water partition coefficient (Wildman–Crippen LogP) is 4.40. The van der Waals surface area contributed by atoms with Crippen molar-refractivity contribution >= 4 is 22.9 Å². The van der Waals surface area contributed by atoms with Crippen molar-refractivity contribution in [2.75, 3.05) is 5.32 Å².